The highest BCUT2D eigenvalue weighted by molar-refractivity contribution is 7.91. The van der Waals surface area contributed by atoms with Crippen molar-refractivity contribution in [1.29, 1.82) is 0 Å². The minimum atomic E-state index is -3.53. The second-order valence-corrected chi connectivity index (χ2v) is 8.42. The molecule has 1 aliphatic heterocycles. The maximum absolute atomic E-state index is 12.5. The van der Waals surface area contributed by atoms with Gasteiger partial charge in [-0.2, -0.15) is 4.31 Å². The molecule has 1 atom stereocenters. The van der Waals surface area contributed by atoms with Crippen molar-refractivity contribution in [3.05, 3.63) is 17.5 Å². The Labute approximate surface area is 140 Å². The highest BCUT2D eigenvalue weighted by Gasteiger charge is 2.33. The van der Waals surface area contributed by atoms with Gasteiger partial charge in [-0.15, -0.1) is 11.3 Å². The van der Waals surface area contributed by atoms with Crippen LogP contribution in [0.4, 0.5) is 0 Å². The number of hydrogen-bond donors (Lipinski definition) is 2. The summed E-state index contributed by atoms with van der Waals surface area (Å²) in [6.45, 7) is 2.79. The monoisotopic (exact) mass is 359 g/mol. The summed E-state index contributed by atoms with van der Waals surface area (Å²) in [5, 5.41) is 6.89. The molecule has 0 aromatic carbocycles. The molecule has 2 heterocycles. The van der Waals surface area contributed by atoms with Crippen LogP contribution in [-0.4, -0.2) is 50.7 Å². The van der Waals surface area contributed by atoms with Gasteiger partial charge in [0.2, 0.25) is 11.8 Å². The molecule has 1 aromatic rings. The van der Waals surface area contributed by atoms with Crippen molar-refractivity contribution in [1.82, 2.24) is 14.9 Å². The van der Waals surface area contributed by atoms with Crippen molar-refractivity contribution < 1.29 is 18.0 Å². The molecule has 7 nitrogen and oxygen atoms in total. The molecule has 23 heavy (non-hydrogen) atoms. The summed E-state index contributed by atoms with van der Waals surface area (Å²) in [5.41, 5.74) is 0. The van der Waals surface area contributed by atoms with Crippen LogP contribution in [0.5, 0.6) is 0 Å². The van der Waals surface area contributed by atoms with E-state index in [2.05, 4.69) is 10.6 Å². The number of rotatable bonds is 6. The quantitative estimate of drug-likeness (QED) is 0.769. The minimum Gasteiger partial charge on any atom is -0.355 e. The second kappa shape index (κ2) is 7.89. The van der Waals surface area contributed by atoms with Gasteiger partial charge in [0.05, 0.1) is 12.5 Å². The number of piperidine rings is 1. The van der Waals surface area contributed by atoms with Gasteiger partial charge in [0.25, 0.3) is 10.0 Å². The second-order valence-electron chi connectivity index (χ2n) is 5.31. The van der Waals surface area contributed by atoms with E-state index >= 15 is 0 Å². The third-order valence-corrected chi connectivity index (χ3v) is 6.88. The van der Waals surface area contributed by atoms with Gasteiger partial charge in [0.1, 0.15) is 4.21 Å². The van der Waals surface area contributed by atoms with Gasteiger partial charge >= 0.3 is 0 Å². The Morgan fingerprint density at radius 3 is 2.83 bits per heavy atom. The van der Waals surface area contributed by atoms with E-state index in [0.717, 1.165) is 0 Å². The predicted molar refractivity (Wildman–Crippen MR) is 87.5 cm³/mol. The summed E-state index contributed by atoms with van der Waals surface area (Å²) < 4.78 is 26.7. The lowest BCUT2D eigenvalue weighted by molar-refractivity contribution is -0.129. The number of amides is 2. The molecule has 128 valence electrons. The van der Waals surface area contributed by atoms with Crippen LogP contribution in [0, 0.1) is 5.92 Å². The Hall–Kier alpha value is -1.45. The molecule has 0 bridgehead atoms. The van der Waals surface area contributed by atoms with Gasteiger partial charge in [-0.05, 0) is 31.2 Å². The number of thiophene rings is 1. The molecule has 0 radical (unpaired) electrons. The van der Waals surface area contributed by atoms with E-state index in [1.165, 1.54) is 15.6 Å². The van der Waals surface area contributed by atoms with Gasteiger partial charge in [-0.25, -0.2) is 8.42 Å². The van der Waals surface area contributed by atoms with Crippen molar-refractivity contribution in [2.75, 3.05) is 26.2 Å². The van der Waals surface area contributed by atoms with E-state index in [4.69, 9.17) is 0 Å². The number of likely N-dealkylation sites (N-methyl/N-ethyl adjacent to an activating group) is 1. The summed E-state index contributed by atoms with van der Waals surface area (Å²) in [6, 6.07) is 3.26. The average Bonchev–Trinajstić information content (AvgIpc) is 3.08. The number of sulfonamides is 1. The first-order valence-electron chi connectivity index (χ1n) is 7.53. The molecule has 9 heteroatoms. The number of carbonyl (C=O) groups is 2. The third kappa shape index (κ3) is 4.52. The highest BCUT2D eigenvalue weighted by atomic mass is 32.2. The van der Waals surface area contributed by atoms with E-state index < -0.39 is 15.9 Å². The highest BCUT2D eigenvalue weighted by Crippen LogP contribution is 2.26. The van der Waals surface area contributed by atoms with Gasteiger partial charge < -0.3 is 10.6 Å². The fourth-order valence-electron chi connectivity index (χ4n) is 2.48. The number of nitrogens with zero attached hydrogens (tertiary/aromatic N) is 1. The molecule has 0 saturated carbocycles. The first-order valence-corrected chi connectivity index (χ1v) is 9.85. The van der Waals surface area contributed by atoms with E-state index in [1.54, 1.807) is 24.4 Å². The van der Waals surface area contributed by atoms with Crippen LogP contribution < -0.4 is 10.6 Å². The van der Waals surface area contributed by atoms with Crippen molar-refractivity contribution in [3.63, 3.8) is 0 Å². The van der Waals surface area contributed by atoms with Crippen LogP contribution in [0.1, 0.15) is 19.8 Å². The molecule has 1 unspecified atom stereocenters. The normalized spacial score (nSPS) is 19.3. The van der Waals surface area contributed by atoms with Gasteiger partial charge in [-0.1, -0.05) is 6.07 Å². The van der Waals surface area contributed by atoms with Crippen molar-refractivity contribution in [3.8, 4) is 0 Å². The summed E-state index contributed by atoms with van der Waals surface area (Å²) in [6.07, 6.45) is 1.25. The van der Waals surface area contributed by atoms with E-state index in [-0.39, 0.29) is 24.9 Å². The van der Waals surface area contributed by atoms with Gasteiger partial charge in [0, 0.05) is 19.6 Å². The predicted octanol–water partition coefficient (Wildman–Crippen LogP) is 0.401. The van der Waals surface area contributed by atoms with Crippen LogP contribution in [0.15, 0.2) is 21.7 Å². The Morgan fingerprint density at radius 1 is 1.39 bits per heavy atom. The SMILES string of the molecule is CCNC(=O)CNC(=O)C1CCCN(S(=O)(=O)c2cccs2)C1. The Kier molecular flexibility index (Phi) is 6.14. The summed E-state index contributed by atoms with van der Waals surface area (Å²) in [5.74, 6) is -0.949. The lowest BCUT2D eigenvalue weighted by Crippen LogP contribution is -2.47. The fourth-order valence-corrected chi connectivity index (χ4v) is 5.15. The third-order valence-electron chi connectivity index (χ3n) is 3.64. The van der Waals surface area contributed by atoms with Gasteiger partial charge in [0.15, 0.2) is 0 Å². The van der Waals surface area contributed by atoms with Crippen molar-refractivity contribution >= 4 is 33.2 Å². The van der Waals surface area contributed by atoms with E-state index in [9.17, 15) is 18.0 Å². The Bertz CT molecular complexity index is 643. The molecule has 1 aliphatic rings. The number of carbonyl (C=O) groups excluding carboxylic acids is 2. The van der Waals surface area contributed by atoms with Crippen LogP contribution in [0.25, 0.3) is 0 Å². The molecule has 0 aliphatic carbocycles. The maximum Gasteiger partial charge on any atom is 0.252 e. The Balaban J connectivity index is 1.95. The molecule has 1 saturated heterocycles. The zero-order valence-electron chi connectivity index (χ0n) is 12.9. The van der Waals surface area contributed by atoms with Crippen LogP contribution in [0.2, 0.25) is 0 Å². The first kappa shape index (κ1) is 17.9. The maximum atomic E-state index is 12.5. The number of nitrogens with one attached hydrogen (secondary N) is 2. The smallest absolute Gasteiger partial charge is 0.252 e. The molecular formula is C14H21N3O4S2. The summed E-state index contributed by atoms with van der Waals surface area (Å²) in [7, 11) is -3.53. The fraction of sp³-hybridized carbons (Fsp3) is 0.571. The van der Waals surface area contributed by atoms with Crippen LogP contribution in [0.3, 0.4) is 0 Å². The molecule has 1 fully saturated rings. The molecule has 0 spiro atoms. The first-order chi connectivity index (χ1) is 10.9. The van der Waals surface area contributed by atoms with Crippen molar-refractivity contribution in [2.45, 2.75) is 24.0 Å². The molecule has 2 rings (SSSR count). The summed E-state index contributed by atoms with van der Waals surface area (Å²) >= 11 is 1.17. The standard InChI is InChI=1S/C14H21N3O4S2/c1-2-15-12(18)9-16-14(19)11-5-3-7-17(10-11)23(20,21)13-6-4-8-22-13/h4,6,8,11H,2-3,5,7,9-10H2,1H3,(H,15,18)(H,16,19). The lowest BCUT2D eigenvalue weighted by Gasteiger charge is -2.30. The average molecular weight is 359 g/mol. The van der Waals surface area contributed by atoms with Crippen LogP contribution in [-0.2, 0) is 19.6 Å². The summed E-state index contributed by atoms with van der Waals surface area (Å²) in [4.78, 5) is 23.5. The number of hydrogen-bond acceptors (Lipinski definition) is 5. The zero-order valence-corrected chi connectivity index (χ0v) is 14.6. The topological polar surface area (TPSA) is 95.6 Å². The zero-order chi connectivity index (χ0) is 16.9. The van der Waals surface area contributed by atoms with E-state index in [0.29, 0.717) is 30.1 Å². The molecule has 2 amide bonds. The van der Waals surface area contributed by atoms with E-state index in [1.807, 2.05) is 0 Å². The minimum absolute atomic E-state index is 0.0825. The molecule has 1 aromatic heterocycles. The lowest BCUT2D eigenvalue weighted by atomic mass is 9.99. The van der Waals surface area contributed by atoms with Gasteiger partial charge in [-0.3, -0.25) is 9.59 Å². The molecular weight excluding hydrogens is 338 g/mol. The van der Waals surface area contributed by atoms with Crippen molar-refractivity contribution in [2.24, 2.45) is 5.92 Å². The van der Waals surface area contributed by atoms with Crippen LogP contribution >= 0.6 is 11.3 Å². The molecule has 2 N–H and O–H groups in total. The Morgan fingerprint density at radius 2 is 2.17 bits per heavy atom. The largest absolute Gasteiger partial charge is 0.355 e.